The topological polar surface area (TPSA) is 40.6 Å². The number of ether oxygens (including phenoxy) is 1. The highest BCUT2D eigenvalue weighted by atomic mass is 32.1. The molecule has 0 aliphatic carbocycles. The molecule has 1 aromatic carbocycles. The fraction of sp³-hybridized carbons (Fsp3) is 0.526. The Kier molecular flexibility index (Phi) is 5.54. The molecule has 4 nitrogen and oxygen atoms in total. The molecule has 0 N–H and O–H groups in total. The minimum absolute atomic E-state index is 0.326. The fourth-order valence-electron chi connectivity index (χ4n) is 2.75. The Labute approximate surface area is 158 Å². The molecule has 1 aliphatic heterocycles. The highest BCUT2D eigenvalue weighted by Gasteiger charge is 2.52. The van der Waals surface area contributed by atoms with Gasteiger partial charge >= 0.3 is 7.12 Å². The summed E-state index contributed by atoms with van der Waals surface area (Å²) in [5.74, 6) is -0.326. The van der Waals surface area contributed by atoms with Crippen molar-refractivity contribution >= 4 is 23.9 Å². The molecule has 140 valence electrons. The third-order valence-electron chi connectivity index (χ3n) is 5.15. The highest BCUT2D eigenvalue weighted by molar-refractivity contribution is 7.09. The normalized spacial score (nSPS) is 18.5. The predicted molar refractivity (Wildman–Crippen MR) is 102 cm³/mol. The maximum absolute atomic E-state index is 14.3. The predicted octanol–water partition coefficient (Wildman–Crippen LogP) is 3.65. The van der Waals surface area contributed by atoms with Crippen molar-refractivity contribution in [3.05, 3.63) is 45.7 Å². The number of aryl methyl sites for hydroxylation is 1. The molecular weight excluding hydrogens is 352 g/mol. The first-order valence-electron chi connectivity index (χ1n) is 8.80. The fourth-order valence-corrected chi connectivity index (χ4v) is 3.52. The van der Waals surface area contributed by atoms with E-state index >= 15 is 0 Å². The second kappa shape index (κ2) is 7.39. The van der Waals surface area contributed by atoms with E-state index < -0.39 is 18.3 Å². The lowest BCUT2D eigenvalue weighted by molar-refractivity contribution is 0.00578. The van der Waals surface area contributed by atoms with Crippen LogP contribution in [-0.4, -0.2) is 29.9 Å². The van der Waals surface area contributed by atoms with Crippen LogP contribution < -0.4 is 5.46 Å². The van der Waals surface area contributed by atoms with E-state index in [-0.39, 0.29) is 5.82 Å². The van der Waals surface area contributed by atoms with Gasteiger partial charge in [0, 0.05) is 16.8 Å². The van der Waals surface area contributed by atoms with Crippen molar-refractivity contribution in [2.75, 3.05) is 6.61 Å². The standard InChI is InChI=1S/C19H25BFNO3S/c1-13-17(26-12-22-13)8-9-23-11-14-6-7-16(21)15(10-14)20-24-18(2,3)19(4,5)25-20/h6-7,10,12H,8-9,11H2,1-5H3. The molecule has 2 heterocycles. The zero-order valence-corrected chi connectivity index (χ0v) is 16.8. The molecule has 0 spiro atoms. The summed E-state index contributed by atoms with van der Waals surface area (Å²) in [4.78, 5) is 5.47. The summed E-state index contributed by atoms with van der Waals surface area (Å²) < 4.78 is 32.0. The summed E-state index contributed by atoms with van der Waals surface area (Å²) in [7, 11) is -0.709. The Morgan fingerprint density at radius 3 is 2.50 bits per heavy atom. The van der Waals surface area contributed by atoms with Crippen LogP contribution in [0.1, 0.15) is 43.8 Å². The van der Waals surface area contributed by atoms with Crippen LogP contribution in [0.15, 0.2) is 23.7 Å². The van der Waals surface area contributed by atoms with Gasteiger partial charge in [0.25, 0.3) is 0 Å². The summed E-state index contributed by atoms with van der Waals surface area (Å²) in [5.41, 5.74) is 3.23. The van der Waals surface area contributed by atoms with Crippen molar-refractivity contribution in [3.8, 4) is 0 Å². The van der Waals surface area contributed by atoms with E-state index in [0.717, 1.165) is 17.7 Å². The molecule has 3 rings (SSSR count). The number of aromatic nitrogens is 1. The van der Waals surface area contributed by atoms with Crippen LogP contribution >= 0.6 is 11.3 Å². The van der Waals surface area contributed by atoms with Gasteiger partial charge in [-0.25, -0.2) is 9.37 Å². The molecular formula is C19H25BFNO3S. The second-order valence-corrected chi connectivity index (χ2v) is 8.55. The lowest BCUT2D eigenvalue weighted by atomic mass is 9.78. The zero-order valence-electron chi connectivity index (χ0n) is 16.0. The first-order chi connectivity index (χ1) is 12.2. The van der Waals surface area contributed by atoms with Crippen molar-refractivity contribution in [3.63, 3.8) is 0 Å². The third-order valence-corrected chi connectivity index (χ3v) is 6.15. The van der Waals surface area contributed by atoms with Crippen molar-refractivity contribution in [2.24, 2.45) is 0 Å². The van der Waals surface area contributed by atoms with Gasteiger partial charge in [0.05, 0.1) is 35.6 Å². The Balaban J connectivity index is 1.62. The maximum Gasteiger partial charge on any atom is 0.497 e. The van der Waals surface area contributed by atoms with Crippen molar-refractivity contribution in [1.82, 2.24) is 4.98 Å². The molecule has 1 saturated heterocycles. The van der Waals surface area contributed by atoms with E-state index in [9.17, 15) is 4.39 Å². The number of benzene rings is 1. The van der Waals surface area contributed by atoms with Gasteiger partial charge < -0.3 is 14.0 Å². The number of thiazole rings is 1. The van der Waals surface area contributed by atoms with Crippen LogP contribution in [0.5, 0.6) is 0 Å². The van der Waals surface area contributed by atoms with E-state index in [1.54, 1.807) is 23.5 Å². The molecule has 0 radical (unpaired) electrons. The lowest BCUT2D eigenvalue weighted by Gasteiger charge is -2.32. The Morgan fingerprint density at radius 2 is 1.88 bits per heavy atom. The van der Waals surface area contributed by atoms with E-state index in [1.807, 2.05) is 40.1 Å². The Hall–Kier alpha value is -1.28. The summed E-state index contributed by atoms with van der Waals surface area (Å²) in [6, 6.07) is 4.96. The molecule has 2 aromatic rings. The van der Waals surface area contributed by atoms with Gasteiger partial charge in [-0.3, -0.25) is 0 Å². The van der Waals surface area contributed by atoms with E-state index in [2.05, 4.69) is 4.98 Å². The molecule has 0 atom stereocenters. The molecule has 0 bridgehead atoms. The first-order valence-corrected chi connectivity index (χ1v) is 9.68. The zero-order chi connectivity index (χ0) is 18.9. The average Bonchev–Trinajstić information content (AvgIpc) is 3.05. The quantitative estimate of drug-likeness (QED) is 0.569. The number of hydrogen-bond acceptors (Lipinski definition) is 5. The van der Waals surface area contributed by atoms with Gasteiger partial charge in [-0.15, -0.1) is 11.3 Å². The minimum atomic E-state index is -0.709. The van der Waals surface area contributed by atoms with Gasteiger partial charge in [-0.2, -0.15) is 0 Å². The van der Waals surface area contributed by atoms with Gasteiger partial charge in [0.2, 0.25) is 0 Å². The van der Waals surface area contributed by atoms with Crippen LogP contribution in [0.2, 0.25) is 0 Å². The monoisotopic (exact) mass is 377 g/mol. The maximum atomic E-state index is 14.3. The van der Waals surface area contributed by atoms with Crippen LogP contribution in [0, 0.1) is 12.7 Å². The molecule has 1 fully saturated rings. The molecule has 1 aromatic heterocycles. The van der Waals surface area contributed by atoms with Gasteiger partial charge in [-0.05, 0) is 46.2 Å². The van der Waals surface area contributed by atoms with Crippen LogP contribution in [-0.2, 0) is 27.1 Å². The molecule has 0 saturated carbocycles. The van der Waals surface area contributed by atoms with Crippen LogP contribution in [0.3, 0.4) is 0 Å². The minimum Gasteiger partial charge on any atom is -0.399 e. The second-order valence-electron chi connectivity index (χ2n) is 7.61. The first kappa shape index (κ1) is 19.5. The van der Waals surface area contributed by atoms with E-state index in [0.29, 0.717) is 18.7 Å². The summed E-state index contributed by atoms with van der Waals surface area (Å²) >= 11 is 1.64. The van der Waals surface area contributed by atoms with Crippen LogP contribution in [0.25, 0.3) is 0 Å². The van der Waals surface area contributed by atoms with E-state index in [1.165, 1.54) is 10.9 Å². The van der Waals surface area contributed by atoms with Gasteiger partial charge in [-0.1, -0.05) is 12.1 Å². The van der Waals surface area contributed by atoms with Crippen LogP contribution in [0.4, 0.5) is 4.39 Å². The summed E-state index contributed by atoms with van der Waals surface area (Å²) in [5, 5.41) is 0. The number of halogens is 1. The Bertz CT molecular complexity index is 762. The van der Waals surface area contributed by atoms with Crippen molar-refractivity contribution < 1.29 is 18.4 Å². The Morgan fingerprint density at radius 1 is 1.19 bits per heavy atom. The highest BCUT2D eigenvalue weighted by Crippen LogP contribution is 2.36. The molecule has 0 amide bonds. The number of nitrogens with zero attached hydrogens (tertiary/aromatic N) is 1. The number of rotatable bonds is 6. The smallest absolute Gasteiger partial charge is 0.399 e. The van der Waals surface area contributed by atoms with Crippen molar-refractivity contribution in [2.45, 2.75) is 58.8 Å². The molecule has 26 heavy (non-hydrogen) atoms. The van der Waals surface area contributed by atoms with E-state index in [4.69, 9.17) is 14.0 Å². The van der Waals surface area contributed by atoms with Gasteiger partial charge in [0.15, 0.2) is 0 Å². The SMILES string of the molecule is Cc1ncsc1CCOCc1ccc(F)c(B2OC(C)(C)C(C)(C)O2)c1. The molecule has 1 aliphatic rings. The van der Waals surface area contributed by atoms with Crippen molar-refractivity contribution in [1.29, 1.82) is 0 Å². The summed E-state index contributed by atoms with van der Waals surface area (Å²) in [6.07, 6.45) is 0.835. The largest absolute Gasteiger partial charge is 0.497 e. The summed E-state index contributed by atoms with van der Waals surface area (Å²) in [6.45, 7) is 10.9. The molecule has 7 heteroatoms. The lowest BCUT2D eigenvalue weighted by Crippen LogP contribution is -2.41. The average molecular weight is 377 g/mol. The number of hydrogen-bond donors (Lipinski definition) is 0. The molecule has 0 unspecified atom stereocenters. The third kappa shape index (κ3) is 4.01. The van der Waals surface area contributed by atoms with Gasteiger partial charge in [0.1, 0.15) is 5.82 Å².